The zero-order chi connectivity index (χ0) is 18.8. The van der Waals surface area contributed by atoms with Gasteiger partial charge in [0, 0.05) is 6.61 Å². The topological polar surface area (TPSA) is 87.0 Å². The third-order valence-electron chi connectivity index (χ3n) is 5.38. The first-order valence-corrected chi connectivity index (χ1v) is 8.93. The molecular weight excluding hydrogens is 320 g/mol. The van der Waals surface area contributed by atoms with Crippen molar-refractivity contribution in [2.75, 3.05) is 13.2 Å². The van der Waals surface area contributed by atoms with Crippen LogP contribution in [0.4, 0.5) is 0 Å². The highest BCUT2D eigenvalue weighted by molar-refractivity contribution is 5.67. The monoisotopic (exact) mass is 350 g/mol. The molecule has 5 heteroatoms. The van der Waals surface area contributed by atoms with Crippen LogP contribution in [0.2, 0.25) is 0 Å². The molecule has 3 atom stereocenters. The van der Waals surface area contributed by atoms with Gasteiger partial charge in [0.1, 0.15) is 6.61 Å². The molecule has 1 saturated carbocycles. The Morgan fingerprint density at radius 2 is 1.96 bits per heavy atom. The van der Waals surface area contributed by atoms with Crippen molar-refractivity contribution in [2.45, 2.75) is 64.6 Å². The molecule has 0 saturated heterocycles. The Balaban J connectivity index is 2.21. The maximum absolute atomic E-state index is 10.5. The molecular formula is C20H30O5. The van der Waals surface area contributed by atoms with Crippen LogP contribution < -0.4 is 0 Å². The van der Waals surface area contributed by atoms with E-state index in [1.807, 2.05) is 13.8 Å². The van der Waals surface area contributed by atoms with E-state index in [2.05, 4.69) is 12.1 Å². The summed E-state index contributed by atoms with van der Waals surface area (Å²) in [6, 6.07) is 4.22. The van der Waals surface area contributed by atoms with E-state index in [0.29, 0.717) is 13.0 Å². The summed E-state index contributed by atoms with van der Waals surface area (Å²) in [7, 11) is 0. The number of ether oxygens (including phenoxy) is 1. The van der Waals surface area contributed by atoms with Crippen molar-refractivity contribution < 1.29 is 24.9 Å². The number of hydrogen-bond donors (Lipinski definition) is 3. The number of aliphatic hydroxyl groups excluding tert-OH is 1. The third-order valence-corrected chi connectivity index (χ3v) is 5.38. The first-order chi connectivity index (χ1) is 11.6. The number of rotatable bonds is 7. The molecule has 0 aliphatic heterocycles. The molecule has 5 nitrogen and oxygen atoms in total. The zero-order valence-corrected chi connectivity index (χ0v) is 15.6. The molecule has 1 fully saturated rings. The molecule has 0 radical (unpaired) electrons. The molecule has 3 unspecified atom stereocenters. The minimum absolute atomic E-state index is 0.0468. The fourth-order valence-electron chi connectivity index (χ4n) is 3.97. The van der Waals surface area contributed by atoms with Crippen LogP contribution >= 0.6 is 0 Å². The van der Waals surface area contributed by atoms with Crippen molar-refractivity contribution in [2.24, 2.45) is 5.92 Å². The average Bonchev–Trinajstić information content (AvgIpc) is 2.86. The molecule has 25 heavy (non-hydrogen) atoms. The number of aliphatic hydroxyl groups is 2. The number of carbonyl (C=O) groups is 1. The predicted molar refractivity (Wildman–Crippen MR) is 95.7 cm³/mol. The predicted octanol–water partition coefficient (Wildman–Crippen LogP) is 2.88. The van der Waals surface area contributed by atoms with E-state index in [-0.39, 0.29) is 18.4 Å². The maximum atomic E-state index is 10.5. The largest absolute Gasteiger partial charge is 0.480 e. The molecule has 1 aliphatic carbocycles. The van der Waals surface area contributed by atoms with E-state index in [4.69, 9.17) is 9.84 Å². The van der Waals surface area contributed by atoms with E-state index in [0.717, 1.165) is 35.1 Å². The second-order valence-electron chi connectivity index (χ2n) is 7.72. The molecule has 1 aliphatic rings. The number of carboxylic acid groups (broad SMARTS) is 1. The second kappa shape index (κ2) is 7.85. The second-order valence-corrected chi connectivity index (χ2v) is 7.72. The first kappa shape index (κ1) is 19.9. The maximum Gasteiger partial charge on any atom is 0.329 e. The highest BCUT2D eigenvalue weighted by Gasteiger charge is 2.36. The van der Waals surface area contributed by atoms with E-state index >= 15 is 0 Å². The van der Waals surface area contributed by atoms with Crippen LogP contribution in [-0.4, -0.2) is 40.6 Å². The fourth-order valence-corrected chi connectivity index (χ4v) is 3.97. The molecule has 0 heterocycles. The number of aryl methyl sites for hydroxylation is 1. The van der Waals surface area contributed by atoms with Crippen LogP contribution in [0.15, 0.2) is 12.1 Å². The van der Waals surface area contributed by atoms with Gasteiger partial charge in [-0.2, -0.15) is 0 Å². The third kappa shape index (κ3) is 4.81. The summed E-state index contributed by atoms with van der Waals surface area (Å²) >= 11 is 0. The molecule has 0 aromatic heterocycles. The van der Waals surface area contributed by atoms with Gasteiger partial charge in [-0.15, -0.1) is 0 Å². The number of carboxylic acids is 1. The lowest BCUT2D eigenvalue weighted by Crippen LogP contribution is -2.22. The van der Waals surface area contributed by atoms with Gasteiger partial charge in [-0.25, -0.2) is 4.79 Å². The standard InChI is InChI=1S/C20H30O5/c1-12-9-14(10-17(13(12)2)20(3,4)24)15-5-6-18(21)16(15)7-8-25-11-19(22)23/h9-10,15-16,18,21,24H,5-8,11H2,1-4H3,(H,22,23). The van der Waals surface area contributed by atoms with Crippen LogP contribution in [0, 0.1) is 19.8 Å². The van der Waals surface area contributed by atoms with Crippen LogP contribution in [0.25, 0.3) is 0 Å². The summed E-state index contributed by atoms with van der Waals surface area (Å²) in [6.07, 6.45) is 1.85. The summed E-state index contributed by atoms with van der Waals surface area (Å²) in [5.41, 5.74) is 3.38. The Morgan fingerprint density at radius 3 is 2.56 bits per heavy atom. The molecule has 1 aromatic rings. The van der Waals surface area contributed by atoms with Gasteiger partial charge < -0.3 is 20.1 Å². The lowest BCUT2D eigenvalue weighted by atomic mass is 9.81. The van der Waals surface area contributed by atoms with Gasteiger partial charge in [0.15, 0.2) is 0 Å². The summed E-state index contributed by atoms with van der Waals surface area (Å²) in [5, 5.41) is 29.5. The lowest BCUT2D eigenvalue weighted by Gasteiger charge is -2.27. The van der Waals surface area contributed by atoms with Gasteiger partial charge in [0.2, 0.25) is 0 Å². The molecule has 0 spiro atoms. The van der Waals surface area contributed by atoms with E-state index in [1.165, 1.54) is 0 Å². The molecule has 140 valence electrons. The van der Waals surface area contributed by atoms with Gasteiger partial charge in [-0.05, 0) is 81.0 Å². The summed E-state index contributed by atoms with van der Waals surface area (Å²) in [6.45, 7) is 7.67. The highest BCUT2D eigenvalue weighted by atomic mass is 16.5. The first-order valence-electron chi connectivity index (χ1n) is 8.93. The Kier molecular flexibility index (Phi) is 6.25. The van der Waals surface area contributed by atoms with E-state index < -0.39 is 17.7 Å². The normalized spacial score (nSPS) is 23.8. The molecule has 1 aromatic carbocycles. The van der Waals surface area contributed by atoms with Crippen LogP contribution in [0.5, 0.6) is 0 Å². The Morgan fingerprint density at radius 1 is 1.28 bits per heavy atom. The smallest absolute Gasteiger partial charge is 0.329 e. The van der Waals surface area contributed by atoms with Crippen molar-refractivity contribution in [1.29, 1.82) is 0 Å². The van der Waals surface area contributed by atoms with Gasteiger partial charge >= 0.3 is 5.97 Å². The Hall–Kier alpha value is -1.43. The Bertz CT molecular complexity index is 617. The zero-order valence-electron chi connectivity index (χ0n) is 15.6. The molecule has 0 bridgehead atoms. The van der Waals surface area contributed by atoms with Gasteiger partial charge in [-0.3, -0.25) is 0 Å². The van der Waals surface area contributed by atoms with Gasteiger partial charge in [-0.1, -0.05) is 12.1 Å². The van der Waals surface area contributed by atoms with Crippen molar-refractivity contribution in [3.8, 4) is 0 Å². The van der Waals surface area contributed by atoms with Gasteiger partial charge in [0.05, 0.1) is 11.7 Å². The van der Waals surface area contributed by atoms with Crippen LogP contribution in [-0.2, 0) is 15.1 Å². The van der Waals surface area contributed by atoms with Crippen molar-refractivity contribution in [3.05, 3.63) is 34.4 Å². The summed E-state index contributed by atoms with van der Waals surface area (Å²) in [5.74, 6) is -0.734. The minimum atomic E-state index is -0.979. The van der Waals surface area contributed by atoms with Crippen molar-refractivity contribution >= 4 is 5.97 Å². The van der Waals surface area contributed by atoms with Gasteiger partial charge in [0.25, 0.3) is 0 Å². The van der Waals surface area contributed by atoms with Crippen molar-refractivity contribution in [3.63, 3.8) is 0 Å². The van der Waals surface area contributed by atoms with Crippen LogP contribution in [0.3, 0.4) is 0 Å². The molecule has 2 rings (SSSR count). The van der Waals surface area contributed by atoms with E-state index in [9.17, 15) is 15.0 Å². The highest BCUT2D eigenvalue weighted by Crippen LogP contribution is 2.43. The fraction of sp³-hybridized carbons (Fsp3) is 0.650. The Labute approximate surface area is 149 Å². The summed E-state index contributed by atoms with van der Waals surface area (Å²) < 4.78 is 5.16. The van der Waals surface area contributed by atoms with Crippen molar-refractivity contribution in [1.82, 2.24) is 0 Å². The average molecular weight is 350 g/mol. The van der Waals surface area contributed by atoms with Crippen LogP contribution in [0.1, 0.15) is 61.3 Å². The SMILES string of the molecule is Cc1cc(C2CCC(O)C2CCOCC(=O)O)cc(C(C)(C)O)c1C. The lowest BCUT2D eigenvalue weighted by molar-refractivity contribution is -0.142. The number of aliphatic carboxylic acids is 1. The minimum Gasteiger partial charge on any atom is -0.480 e. The molecule has 0 amide bonds. The molecule has 3 N–H and O–H groups in total. The quantitative estimate of drug-likeness (QED) is 0.658. The number of benzene rings is 1. The van der Waals surface area contributed by atoms with E-state index in [1.54, 1.807) is 13.8 Å². The number of hydrogen-bond acceptors (Lipinski definition) is 4. The summed E-state index contributed by atoms with van der Waals surface area (Å²) in [4.78, 5) is 10.5.